The molecular formula is C9H8N4O2. The molecule has 0 fully saturated rings. The summed E-state index contributed by atoms with van der Waals surface area (Å²) in [6.45, 7) is 0. The normalized spacial score (nSPS) is 9.87. The molecule has 0 spiro atoms. The molecule has 0 aliphatic carbocycles. The minimum Gasteiger partial charge on any atom is -0.411 e. The molecule has 76 valence electrons. The molecule has 6 nitrogen and oxygen atoms in total. The van der Waals surface area contributed by atoms with E-state index in [0.717, 1.165) is 5.69 Å². The Balaban J connectivity index is 2.21. The summed E-state index contributed by atoms with van der Waals surface area (Å²) in [5, 5.41) is 3.95. The molecule has 0 aliphatic heterocycles. The fourth-order valence-electron chi connectivity index (χ4n) is 1.12. The van der Waals surface area contributed by atoms with Gasteiger partial charge in [-0.2, -0.15) is 5.10 Å². The maximum Gasteiger partial charge on any atom is 0.409 e. The summed E-state index contributed by atoms with van der Waals surface area (Å²) < 4.78 is 6.27. The van der Waals surface area contributed by atoms with Crippen molar-refractivity contribution in [1.82, 2.24) is 14.8 Å². The number of carbonyl (C=O) groups excluding carboxylic acids is 1. The van der Waals surface area contributed by atoms with Gasteiger partial charge in [0, 0.05) is 0 Å². The Labute approximate surface area is 85.3 Å². The van der Waals surface area contributed by atoms with Crippen LogP contribution in [0.4, 0.5) is 4.79 Å². The molecule has 1 amide bonds. The van der Waals surface area contributed by atoms with Crippen LogP contribution in [0.5, 0.6) is 5.75 Å². The van der Waals surface area contributed by atoms with Gasteiger partial charge in [0.15, 0.2) is 0 Å². The van der Waals surface area contributed by atoms with Gasteiger partial charge >= 0.3 is 6.09 Å². The van der Waals surface area contributed by atoms with Crippen molar-refractivity contribution < 1.29 is 9.53 Å². The summed E-state index contributed by atoms with van der Waals surface area (Å²) in [6.07, 6.45) is 2.18. The van der Waals surface area contributed by atoms with Crippen LogP contribution in [0.1, 0.15) is 0 Å². The van der Waals surface area contributed by atoms with Gasteiger partial charge in [-0.3, -0.25) is 0 Å². The van der Waals surface area contributed by atoms with E-state index in [0.29, 0.717) is 5.75 Å². The highest BCUT2D eigenvalue weighted by molar-refractivity contribution is 5.68. The summed E-state index contributed by atoms with van der Waals surface area (Å²) in [5.74, 6) is 0.395. The van der Waals surface area contributed by atoms with E-state index in [9.17, 15) is 4.79 Å². The van der Waals surface area contributed by atoms with Crippen LogP contribution in [-0.4, -0.2) is 20.9 Å². The number of nitrogens with zero attached hydrogens (tertiary/aromatic N) is 3. The van der Waals surface area contributed by atoms with Crippen molar-refractivity contribution in [3.8, 4) is 11.4 Å². The smallest absolute Gasteiger partial charge is 0.409 e. The van der Waals surface area contributed by atoms with E-state index in [-0.39, 0.29) is 0 Å². The van der Waals surface area contributed by atoms with Crippen molar-refractivity contribution in [2.24, 2.45) is 5.73 Å². The molecule has 2 N–H and O–H groups in total. The molecule has 1 heterocycles. The van der Waals surface area contributed by atoms with E-state index in [1.165, 1.54) is 6.33 Å². The van der Waals surface area contributed by atoms with Gasteiger partial charge < -0.3 is 10.5 Å². The first-order valence-electron chi connectivity index (χ1n) is 4.18. The fourth-order valence-corrected chi connectivity index (χ4v) is 1.12. The minimum atomic E-state index is -0.830. The van der Waals surface area contributed by atoms with Gasteiger partial charge in [-0.25, -0.2) is 14.5 Å². The predicted octanol–water partition coefficient (Wildman–Crippen LogP) is 0.725. The second-order valence-corrected chi connectivity index (χ2v) is 2.76. The number of ether oxygens (including phenoxy) is 1. The lowest BCUT2D eigenvalue weighted by molar-refractivity contribution is 0.211. The summed E-state index contributed by atoms with van der Waals surface area (Å²) in [7, 11) is 0. The van der Waals surface area contributed by atoms with Gasteiger partial charge in [0.05, 0.1) is 5.69 Å². The van der Waals surface area contributed by atoms with Crippen LogP contribution in [0, 0.1) is 0 Å². The predicted molar refractivity (Wildman–Crippen MR) is 51.6 cm³/mol. The maximum atomic E-state index is 10.5. The topological polar surface area (TPSA) is 83.0 Å². The molecule has 1 aromatic carbocycles. The SMILES string of the molecule is NC(=O)Oc1ccc(-n2cncn2)cc1. The van der Waals surface area contributed by atoms with Gasteiger partial charge in [-0.15, -0.1) is 0 Å². The quantitative estimate of drug-likeness (QED) is 0.781. The summed E-state index contributed by atoms with van der Waals surface area (Å²) in [6, 6.07) is 6.74. The van der Waals surface area contributed by atoms with E-state index in [2.05, 4.69) is 14.8 Å². The van der Waals surface area contributed by atoms with E-state index < -0.39 is 6.09 Å². The number of hydrogen-bond donors (Lipinski definition) is 1. The Hall–Kier alpha value is -2.37. The zero-order valence-electron chi connectivity index (χ0n) is 7.70. The van der Waals surface area contributed by atoms with Gasteiger partial charge in [-0.1, -0.05) is 0 Å². The van der Waals surface area contributed by atoms with Crippen molar-refractivity contribution in [1.29, 1.82) is 0 Å². The van der Waals surface area contributed by atoms with Crippen LogP contribution in [0.15, 0.2) is 36.9 Å². The molecule has 15 heavy (non-hydrogen) atoms. The first-order chi connectivity index (χ1) is 7.25. The maximum absolute atomic E-state index is 10.5. The third kappa shape index (κ3) is 2.11. The highest BCUT2D eigenvalue weighted by Gasteiger charge is 2.00. The Morgan fingerprint density at radius 3 is 2.60 bits per heavy atom. The van der Waals surface area contributed by atoms with Crippen molar-refractivity contribution in [3.05, 3.63) is 36.9 Å². The second-order valence-electron chi connectivity index (χ2n) is 2.76. The van der Waals surface area contributed by atoms with Crippen LogP contribution in [0.25, 0.3) is 5.69 Å². The molecule has 0 bridgehead atoms. The van der Waals surface area contributed by atoms with Crippen LogP contribution in [-0.2, 0) is 0 Å². The molecule has 2 rings (SSSR count). The zero-order chi connectivity index (χ0) is 10.7. The lowest BCUT2D eigenvalue weighted by atomic mass is 10.3. The third-order valence-electron chi connectivity index (χ3n) is 1.74. The number of rotatable bonds is 2. The van der Waals surface area contributed by atoms with Gasteiger partial charge in [0.2, 0.25) is 0 Å². The van der Waals surface area contributed by atoms with Crippen molar-refractivity contribution in [2.45, 2.75) is 0 Å². The highest BCUT2D eigenvalue weighted by Crippen LogP contribution is 2.13. The van der Waals surface area contributed by atoms with Gasteiger partial charge in [0.25, 0.3) is 0 Å². The number of primary amides is 1. The third-order valence-corrected chi connectivity index (χ3v) is 1.74. The van der Waals surface area contributed by atoms with Crippen LogP contribution < -0.4 is 10.5 Å². The standard InChI is InChI=1S/C9H8N4O2/c10-9(14)15-8-3-1-7(2-4-8)13-6-11-5-12-13/h1-6H,(H2,10,14). The number of aromatic nitrogens is 3. The molecule has 0 saturated carbocycles. The molecule has 6 heteroatoms. The molecule has 1 aromatic heterocycles. The summed E-state index contributed by atoms with van der Waals surface area (Å²) in [5.41, 5.74) is 5.69. The summed E-state index contributed by atoms with van der Waals surface area (Å²) >= 11 is 0. The van der Waals surface area contributed by atoms with E-state index in [1.54, 1.807) is 35.3 Å². The Bertz CT molecular complexity index is 449. The Morgan fingerprint density at radius 1 is 1.33 bits per heavy atom. The average Bonchev–Trinajstić information content (AvgIpc) is 2.71. The minimum absolute atomic E-state index is 0.395. The Morgan fingerprint density at radius 2 is 2.07 bits per heavy atom. The molecule has 0 radical (unpaired) electrons. The fraction of sp³-hybridized carbons (Fsp3) is 0. The lowest BCUT2D eigenvalue weighted by Gasteiger charge is -2.02. The lowest BCUT2D eigenvalue weighted by Crippen LogP contribution is -2.16. The molecule has 2 aromatic rings. The van der Waals surface area contributed by atoms with Crippen LogP contribution in [0.3, 0.4) is 0 Å². The van der Waals surface area contributed by atoms with Gasteiger partial charge in [0.1, 0.15) is 18.4 Å². The molecule has 0 unspecified atom stereocenters. The van der Waals surface area contributed by atoms with E-state index in [4.69, 9.17) is 5.73 Å². The second kappa shape index (κ2) is 3.79. The number of hydrogen-bond acceptors (Lipinski definition) is 4. The van der Waals surface area contributed by atoms with Crippen LogP contribution >= 0.6 is 0 Å². The number of carbonyl (C=O) groups is 1. The van der Waals surface area contributed by atoms with Crippen molar-refractivity contribution in [2.75, 3.05) is 0 Å². The number of amides is 1. The summed E-state index contributed by atoms with van der Waals surface area (Å²) in [4.78, 5) is 14.3. The first-order valence-corrected chi connectivity index (χ1v) is 4.18. The number of benzene rings is 1. The molecule has 0 aliphatic rings. The monoisotopic (exact) mass is 204 g/mol. The van der Waals surface area contributed by atoms with E-state index in [1.807, 2.05) is 0 Å². The van der Waals surface area contributed by atoms with Gasteiger partial charge in [-0.05, 0) is 24.3 Å². The average molecular weight is 204 g/mol. The highest BCUT2D eigenvalue weighted by atomic mass is 16.5. The van der Waals surface area contributed by atoms with E-state index >= 15 is 0 Å². The zero-order valence-corrected chi connectivity index (χ0v) is 7.70. The largest absolute Gasteiger partial charge is 0.411 e. The molecule has 0 saturated heterocycles. The Kier molecular flexibility index (Phi) is 2.32. The first kappa shape index (κ1) is 9.20. The number of nitrogens with two attached hydrogens (primary N) is 1. The molecule has 0 atom stereocenters. The van der Waals surface area contributed by atoms with Crippen LogP contribution in [0.2, 0.25) is 0 Å². The molecular weight excluding hydrogens is 196 g/mol. The van der Waals surface area contributed by atoms with Crippen molar-refractivity contribution in [3.63, 3.8) is 0 Å². The van der Waals surface area contributed by atoms with Crippen molar-refractivity contribution >= 4 is 6.09 Å².